The summed E-state index contributed by atoms with van der Waals surface area (Å²) in [5.41, 5.74) is 2.58. The van der Waals surface area contributed by atoms with E-state index in [1.165, 1.54) is 35.5 Å². The van der Waals surface area contributed by atoms with Crippen molar-refractivity contribution in [3.63, 3.8) is 0 Å². The quantitative estimate of drug-likeness (QED) is 0.314. The van der Waals surface area contributed by atoms with Gasteiger partial charge in [0.25, 0.3) is 0 Å². The monoisotopic (exact) mass is 569 g/mol. The van der Waals surface area contributed by atoms with Crippen molar-refractivity contribution in [2.75, 3.05) is 58.4 Å². The van der Waals surface area contributed by atoms with E-state index in [2.05, 4.69) is 74.3 Å². The van der Waals surface area contributed by atoms with Crippen LogP contribution in [0.2, 0.25) is 0 Å². The van der Waals surface area contributed by atoms with Gasteiger partial charge >= 0.3 is 0 Å². The first-order valence-electron chi connectivity index (χ1n) is 11.3. The maximum Gasteiger partial charge on any atom is 0.191 e. The number of piperidine rings is 1. The van der Waals surface area contributed by atoms with Crippen molar-refractivity contribution >= 4 is 47.0 Å². The van der Waals surface area contributed by atoms with Gasteiger partial charge in [0.2, 0.25) is 0 Å². The molecule has 0 bridgehead atoms. The topological polar surface area (TPSA) is 52.1 Å². The van der Waals surface area contributed by atoms with Gasteiger partial charge in [-0.3, -0.25) is 9.89 Å². The molecule has 8 heteroatoms. The highest BCUT2D eigenvalue weighted by Crippen LogP contribution is 2.36. The van der Waals surface area contributed by atoms with Crippen LogP contribution in [0, 0.1) is 5.92 Å². The zero-order chi connectivity index (χ0) is 21.5. The Morgan fingerprint density at radius 1 is 1.12 bits per heavy atom. The average Bonchev–Trinajstić information content (AvgIpc) is 3.34. The Morgan fingerprint density at radius 2 is 1.94 bits per heavy atom. The highest BCUT2D eigenvalue weighted by molar-refractivity contribution is 14.0. The summed E-state index contributed by atoms with van der Waals surface area (Å²) < 4.78 is 5.52. The molecule has 0 radical (unpaired) electrons. The fraction of sp³-hybridized carbons (Fsp3) is 0.542. The number of morpholine rings is 1. The largest absolute Gasteiger partial charge is 0.378 e. The number of thiophene rings is 1. The van der Waals surface area contributed by atoms with Crippen molar-refractivity contribution in [2.45, 2.75) is 25.4 Å². The molecule has 2 fully saturated rings. The summed E-state index contributed by atoms with van der Waals surface area (Å²) in [4.78, 5) is 10.9. The molecule has 0 saturated carbocycles. The summed E-state index contributed by atoms with van der Waals surface area (Å²) in [6.07, 6.45) is 2.50. The Hall–Kier alpha value is -1.36. The predicted octanol–water partition coefficient (Wildman–Crippen LogP) is 3.95. The van der Waals surface area contributed by atoms with E-state index < -0.39 is 0 Å². The number of benzene rings is 1. The minimum atomic E-state index is 0. The molecular weight excluding hydrogens is 533 g/mol. The van der Waals surface area contributed by atoms with Crippen molar-refractivity contribution in [1.29, 1.82) is 0 Å². The van der Waals surface area contributed by atoms with Gasteiger partial charge in [-0.15, -0.1) is 35.3 Å². The summed E-state index contributed by atoms with van der Waals surface area (Å²) in [5, 5.41) is 9.33. The van der Waals surface area contributed by atoms with Crippen LogP contribution in [0.4, 0.5) is 5.69 Å². The molecule has 2 aromatic rings. The number of nitrogens with zero attached hydrogens (tertiary/aromatic N) is 3. The highest BCUT2D eigenvalue weighted by atomic mass is 127. The summed E-state index contributed by atoms with van der Waals surface area (Å²) >= 11 is 1.87. The second-order valence-electron chi connectivity index (χ2n) is 8.38. The van der Waals surface area contributed by atoms with Gasteiger partial charge in [-0.05, 0) is 55.4 Å². The molecule has 2 atom stereocenters. The molecule has 2 N–H and O–H groups in total. The van der Waals surface area contributed by atoms with Gasteiger partial charge in [-0.2, -0.15) is 0 Å². The van der Waals surface area contributed by atoms with Crippen LogP contribution < -0.4 is 15.5 Å². The summed E-state index contributed by atoms with van der Waals surface area (Å²) in [6, 6.07) is 13.6. The van der Waals surface area contributed by atoms with E-state index in [0.717, 1.165) is 45.4 Å². The third-order valence-electron chi connectivity index (χ3n) is 6.39. The molecule has 176 valence electrons. The van der Waals surface area contributed by atoms with Gasteiger partial charge < -0.3 is 20.3 Å². The lowest BCUT2D eigenvalue weighted by molar-refractivity contribution is 0.122. The minimum Gasteiger partial charge on any atom is -0.378 e. The number of hydrogen-bond donors (Lipinski definition) is 2. The minimum absolute atomic E-state index is 0. The number of rotatable bonds is 6. The molecule has 2 unspecified atom stereocenters. The number of anilines is 1. The van der Waals surface area contributed by atoms with Crippen molar-refractivity contribution in [3.05, 3.63) is 52.2 Å². The van der Waals surface area contributed by atoms with E-state index in [1.54, 1.807) is 0 Å². The smallest absolute Gasteiger partial charge is 0.191 e. The van der Waals surface area contributed by atoms with Crippen molar-refractivity contribution in [1.82, 2.24) is 15.5 Å². The highest BCUT2D eigenvalue weighted by Gasteiger charge is 2.31. The molecule has 2 saturated heterocycles. The van der Waals surface area contributed by atoms with Crippen LogP contribution in [0.1, 0.15) is 29.3 Å². The van der Waals surface area contributed by atoms with Crippen LogP contribution in [0.15, 0.2) is 46.8 Å². The van der Waals surface area contributed by atoms with Crippen molar-refractivity contribution in [3.8, 4) is 0 Å². The van der Waals surface area contributed by atoms with Gasteiger partial charge in [0, 0.05) is 49.8 Å². The summed E-state index contributed by atoms with van der Waals surface area (Å²) in [7, 11) is 4.11. The van der Waals surface area contributed by atoms with Gasteiger partial charge in [0.05, 0.1) is 13.2 Å². The zero-order valence-electron chi connectivity index (χ0n) is 19.1. The molecule has 6 nitrogen and oxygen atoms in total. The number of hydrogen-bond acceptors (Lipinski definition) is 5. The number of likely N-dealkylation sites (tertiary alicyclic amines) is 1. The first-order valence-corrected chi connectivity index (χ1v) is 12.2. The molecule has 1 aromatic heterocycles. The number of halogens is 1. The van der Waals surface area contributed by atoms with Crippen LogP contribution in [-0.4, -0.2) is 64.3 Å². The molecule has 2 aliphatic rings. The summed E-state index contributed by atoms with van der Waals surface area (Å²) in [5.74, 6) is 1.45. The van der Waals surface area contributed by atoms with E-state index in [9.17, 15) is 0 Å². The van der Waals surface area contributed by atoms with E-state index >= 15 is 0 Å². The fourth-order valence-electron chi connectivity index (χ4n) is 4.78. The van der Waals surface area contributed by atoms with Gasteiger partial charge in [-0.1, -0.05) is 24.3 Å². The zero-order valence-corrected chi connectivity index (χ0v) is 22.3. The van der Waals surface area contributed by atoms with Crippen molar-refractivity contribution in [2.24, 2.45) is 10.9 Å². The van der Waals surface area contributed by atoms with Gasteiger partial charge in [0.15, 0.2) is 5.96 Å². The molecule has 0 amide bonds. The van der Waals surface area contributed by atoms with Crippen LogP contribution in [0.25, 0.3) is 0 Å². The SMILES string of the molecule is CN=C(NCc1ccccc1N1CCOCC1)NCC1CCCN(C)C1c1cccs1.I. The number of aliphatic imine (C=N–C) groups is 1. The van der Waals surface area contributed by atoms with Crippen LogP contribution >= 0.6 is 35.3 Å². The molecule has 0 aliphatic carbocycles. The standard InChI is InChI=1S/C24H35N5OS.HI/c1-25-24(26-17-19-7-3-4-9-21(19)29-12-14-30-15-13-29)27-18-20-8-5-11-28(2)23(20)22-10-6-16-31-22;/h3-4,6-7,9-10,16,20,23H,5,8,11-15,17-18H2,1-2H3,(H2,25,26,27);1H. The molecule has 0 spiro atoms. The maximum absolute atomic E-state index is 5.52. The first kappa shape index (κ1) is 25.3. The Morgan fingerprint density at radius 3 is 2.69 bits per heavy atom. The lowest BCUT2D eigenvalue weighted by Crippen LogP contribution is -2.44. The maximum atomic E-state index is 5.52. The molecule has 32 heavy (non-hydrogen) atoms. The molecule has 1 aromatic carbocycles. The molecule has 3 heterocycles. The van der Waals surface area contributed by atoms with Gasteiger partial charge in [-0.25, -0.2) is 0 Å². The lowest BCUT2D eigenvalue weighted by atomic mass is 9.88. The number of ether oxygens (including phenoxy) is 1. The van der Waals surface area contributed by atoms with Crippen LogP contribution in [0.3, 0.4) is 0 Å². The van der Waals surface area contributed by atoms with Crippen molar-refractivity contribution < 1.29 is 4.74 Å². The Labute approximate surface area is 213 Å². The van der Waals surface area contributed by atoms with E-state index in [1.807, 2.05) is 18.4 Å². The Bertz CT molecular complexity index is 841. The van der Waals surface area contributed by atoms with E-state index in [0.29, 0.717) is 12.0 Å². The predicted molar refractivity (Wildman–Crippen MR) is 146 cm³/mol. The molecule has 4 rings (SSSR count). The fourth-order valence-corrected chi connectivity index (χ4v) is 5.77. The third kappa shape index (κ3) is 6.36. The second-order valence-corrected chi connectivity index (χ2v) is 9.36. The van der Waals surface area contributed by atoms with Crippen LogP contribution in [-0.2, 0) is 11.3 Å². The lowest BCUT2D eigenvalue weighted by Gasteiger charge is -2.39. The number of guanidine groups is 1. The number of para-hydroxylation sites is 1. The van der Waals surface area contributed by atoms with Gasteiger partial charge in [0.1, 0.15) is 0 Å². The van der Waals surface area contributed by atoms with E-state index in [4.69, 9.17) is 4.74 Å². The second kappa shape index (κ2) is 12.8. The molecule has 2 aliphatic heterocycles. The average molecular weight is 570 g/mol. The Kier molecular flexibility index (Phi) is 10.1. The first-order chi connectivity index (χ1) is 15.3. The normalized spacial score (nSPS) is 22.3. The Balaban J connectivity index is 0.00000289. The third-order valence-corrected chi connectivity index (χ3v) is 7.33. The summed E-state index contributed by atoms with van der Waals surface area (Å²) in [6.45, 7) is 6.35. The van der Waals surface area contributed by atoms with Crippen LogP contribution in [0.5, 0.6) is 0 Å². The van der Waals surface area contributed by atoms with E-state index in [-0.39, 0.29) is 24.0 Å². The molecular formula is C24H36IN5OS. The number of nitrogens with one attached hydrogen (secondary N) is 2.